The van der Waals surface area contributed by atoms with E-state index >= 15 is 0 Å². The van der Waals surface area contributed by atoms with Crippen molar-refractivity contribution in [3.63, 3.8) is 0 Å². The predicted molar refractivity (Wildman–Crippen MR) is 89.6 cm³/mol. The molecule has 1 saturated heterocycles. The van der Waals surface area contributed by atoms with E-state index in [2.05, 4.69) is 6.92 Å². The number of amides is 1. The summed E-state index contributed by atoms with van der Waals surface area (Å²) >= 11 is 0. The molecule has 3 unspecified atom stereocenters. The normalized spacial score (nSPS) is 22.8. The molecular formula is C17H26ClFN2O. The SMILES string of the molecule is CC1CCN(C(=O)CC(C)c2cccc(F)c2)C(CN)C1.Cl. The highest BCUT2D eigenvalue weighted by Crippen LogP contribution is 2.26. The molecule has 3 nitrogen and oxygen atoms in total. The van der Waals surface area contributed by atoms with Gasteiger partial charge in [-0.1, -0.05) is 26.0 Å². The molecule has 0 saturated carbocycles. The van der Waals surface area contributed by atoms with Gasteiger partial charge in [0, 0.05) is 25.6 Å². The summed E-state index contributed by atoms with van der Waals surface area (Å²) in [5.74, 6) is 0.529. The number of benzene rings is 1. The van der Waals surface area contributed by atoms with Gasteiger partial charge in [0.15, 0.2) is 0 Å². The van der Waals surface area contributed by atoms with Crippen LogP contribution in [0.2, 0.25) is 0 Å². The first-order valence-corrected chi connectivity index (χ1v) is 7.76. The van der Waals surface area contributed by atoms with Crippen molar-refractivity contribution in [2.24, 2.45) is 11.7 Å². The smallest absolute Gasteiger partial charge is 0.223 e. The van der Waals surface area contributed by atoms with E-state index in [0.29, 0.717) is 18.9 Å². The molecule has 1 fully saturated rings. The quantitative estimate of drug-likeness (QED) is 0.921. The van der Waals surface area contributed by atoms with Crippen molar-refractivity contribution in [2.75, 3.05) is 13.1 Å². The lowest BCUT2D eigenvalue weighted by molar-refractivity contribution is -0.135. The molecule has 2 rings (SSSR count). The molecule has 2 N–H and O–H groups in total. The molecular weight excluding hydrogens is 303 g/mol. The number of hydrogen-bond donors (Lipinski definition) is 1. The second-order valence-corrected chi connectivity index (χ2v) is 6.27. The summed E-state index contributed by atoms with van der Waals surface area (Å²) in [6.07, 6.45) is 2.43. The molecule has 0 aromatic heterocycles. The van der Waals surface area contributed by atoms with Crippen LogP contribution in [0.3, 0.4) is 0 Å². The largest absolute Gasteiger partial charge is 0.338 e. The van der Waals surface area contributed by atoms with E-state index in [1.165, 1.54) is 12.1 Å². The van der Waals surface area contributed by atoms with Crippen molar-refractivity contribution in [3.05, 3.63) is 35.6 Å². The van der Waals surface area contributed by atoms with Crippen molar-refractivity contribution < 1.29 is 9.18 Å². The van der Waals surface area contributed by atoms with Gasteiger partial charge in [-0.15, -0.1) is 12.4 Å². The molecule has 22 heavy (non-hydrogen) atoms. The minimum absolute atomic E-state index is 0. The predicted octanol–water partition coefficient (Wildman–Crippen LogP) is 3.33. The first kappa shape index (κ1) is 18.9. The number of piperidine rings is 1. The van der Waals surface area contributed by atoms with Crippen LogP contribution >= 0.6 is 12.4 Å². The number of likely N-dealkylation sites (tertiary alicyclic amines) is 1. The van der Waals surface area contributed by atoms with Crippen molar-refractivity contribution >= 4 is 18.3 Å². The number of hydrogen-bond acceptors (Lipinski definition) is 2. The van der Waals surface area contributed by atoms with Crippen molar-refractivity contribution in [3.8, 4) is 0 Å². The highest BCUT2D eigenvalue weighted by Gasteiger charge is 2.29. The molecule has 1 heterocycles. The lowest BCUT2D eigenvalue weighted by Gasteiger charge is -2.38. The second-order valence-electron chi connectivity index (χ2n) is 6.27. The maximum atomic E-state index is 13.3. The average Bonchev–Trinajstić information content (AvgIpc) is 2.46. The Bertz CT molecular complexity index is 497. The number of nitrogens with two attached hydrogens (primary N) is 1. The van der Waals surface area contributed by atoms with Gasteiger partial charge in [-0.3, -0.25) is 4.79 Å². The fourth-order valence-electron chi connectivity index (χ4n) is 3.11. The zero-order chi connectivity index (χ0) is 15.4. The molecule has 1 aromatic rings. The minimum atomic E-state index is -0.251. The van der Waals surface area contributed by atoms with E-state index in [1.807, 2.05) is 17.9 Å². The molecule has 1 aliphatic rings. The zero-order valence-corrected chi connectivity index (χ0v) is 14.1. The maximum Gasteiger partial charge on any atom is 0.223 e. The average molecular weight is 329 g/mol. The first-order valence-electron chi connectivity index (χ1n) is 7.76. The summed E-state index contributed by atoms with van der Waals surface area (Å²) in [7, 11) is 0. The highest BCUT2D eigenvalue weighted by molar-refractivity contribution is 5.85. The molecule has 124 valence electrons. The van der Waals surface area contributed by atoms with E-state index in [1.54, 1.807) is 6.07 Å². The van der Waals surface area contributed by atoms with Gasteiger partial charge in [-0.2, -0.15) is 0 Å². The summed E-state index contributed by atoms with van der Waals surface area (Å²) in [5, 5.41) is 0. The summed E-state index contributed by atoms with van der Waals surface area (Å²) < 4.78 is 13.3. The van der Waals surface area contributed by atoms with Gasteiger partial charge in [0.05, 0.1) is 0 Å². The third kappa shape index (κ3) is 4.68. The van der Waals surface area contributed by atoms with Gasteiger partial charge in [-0.05, 0) is 42.4 Å². The molecule has 1 amide bonds. The lowest BCUT2D eigenvalue weighted by atomic mass is 9.91. The third-order valence-corrected chi connectivity index (χ3v) is 4.47. The molecule has 1 aliphatic heterocycles. The van der Waals surface area contributed by atoms with Crippen molar-refractivity contribution in [2.45, 2.75) is 45.1 Å². The fourth-order valence-corrected chi connectivity index (χ4v) is 3.11. The van der Waals surface area contributed by atoms with Gasteiger partial charge in [-0.25, -0.2) is 4.39 Å². The fraction of sp³-hybridized carbons (Fsp3) is 0.588. The van der Waals surface area contributed by atoms with Gasteiger partial charge in [0.25, 0.3) is 0 Å². The summed E-state index contributed by atoms with van der Waals surface area (Å²) in [6.45, 7) is 5.48. The van der Waals surface area contributed by atoms with Crippen molar-refractivity contribution in [1.82, 2.24) is 4.90 Å². The Morgan fingerprint density at radius 1 is 1.50 bits per heavy atom. The summed E-state index contributed by atoms with van der Waals surface area (Å²) in [6, 6.07) is 6.66. The van der Waals surface area contributed by atoms with Crippen LogP contribution in [0.15, 0.2) is 24.3 Å². The lowest BCUT2D eigenvalue weighted by Crippen LogP contribution is -2.49. The molecule has 1 aromatic carbocycles. The highest BCUT2D eigenvalue weighted by atomic mass is 35.5. The topological polar surface area (TPSA) is 46.3 Å². The van der Waals surface area contributed by atoms with Crippen LogP contribution in [0.4, 0.5) is 4.39 Å². The Kier molecular flexibility index (Phi) is 7.30. The number of halogens is 2. The Hall–Kier alpha value is -1.13. The van der Waals surface area contributed by atoms with Crippen LogP contribution in [0, 0.1) is 11.7 Å². The molecule has 0 aliphatic carbocycles. The van der Waals surface area contributed by atoms with E-state index in [9.17, 15) is 9.18 Å². The van der Waals surface area contributed by atoms with Crippen LogP contribution in [0.1, 0.15) is 44.6 Å². The van der Waals surface area contributed by atoms with E-state index in [4.69, 9.17) is 5.73 Å². The second kappa shape index (κ2) is 8.49. The van der Waals surface area contributed by atoms with E-state index < -0.39 is 0 Å². The monoisotopic (exact) mass is 328 g/mol. The number of carbonyl (C=O) groups is 1. The molecule has 5 heteroatoms. The van der Waals surface area contributed by atoms with Gasteiger partial charge in [0.2, 0.25) is 5.91 Å². The van der Waals surface area contributed by atoms with Gasteiger partial charge < -0.3 is 10.6 Å². The van der Waals surface area contributed by atoms with Crippen molar-refractivity contribution in [1.29, 1.82) is 0 Å². The molecule has 0 bridgehead atoms. The van der Waals surface area contributed by atoms with E-state index in [-0.39, 0.29) is 36.1 Å². The number of rotatable bonds is 4. The zero-order valence-electron chi connectivity index (χ0n) is 13.3. The summed E-state index contributed by atoms with van der Waals surface area (Å²) in [5.41, 5.74) is 6.69. The molecule has 0 radical (unpaired) electrons. The standard InChI is InChI=1S/C17H25FN2O.ClH/c1-12-6-7-20(16(8-12)11-19)17(21)9-13(2)14-4-3-5-15(18)10-14;/h3-5,10,12-13,16H,6-9,11,19H2,1-2H3;1H. The Balaban J connectivity index is 0.00000242. The van der Waals surface area contributed by atoms with Crippen LogP contribution in [-0.4, -0.2) is 29.9 Å². The van der Waals surface area contributed by atoms with Gasteiger partial charge in [0.1, 0.15) is 5.82 Å². The maximum absolute atomic E-state index is 13.3. The number of carbonyl (C=O) groups excluding carboxylic acids is 1. The third-order valence-electron chi connectivity index (χ3n) is 4.47. The van der Waals surface area contributed by atoms with E-state index in [0.717, 1.165) is 24.9 Å². The number of nitrogens with zero attached hydrogens (tertiary/aromatic N) is 1. The Morgan fingerprint density at radius 3 is 2.86 bits per heavy atom. The molecule has 3 atom stereocenters. The van der Waals surface area contributed by atoms with Gasteiger partial charge >= 0.3 is 0 Å². The van der Waals surface area contributed by atoms with Crippen LogP contribution in [-0.2, 0) is 4.79 Å². The first-order chi connectivity index (χ1) is 10.0. The molecule has 0 spiro atoms. The minimum Gasteiger partial charge on any atom is -0.338 e. The Morgan fingerprint density at radius 2 is 2.23 bits per heavy atom. The Labute approximate surface area is 138 Å². The van der Waals surface area contributed by atoms with Crippen LogP contribution < -0.4 is 5.73 Å². The van der Waals surface area contributed by atoms with Crippen LogP contribution in [0.25, 0.3) is 0 Å². The summed E-state index contributed by atoms with van der Waals surface area (Å²) in [4.78, 5) is 14.4. The van der Waals surface area contributed by atoms with Crippen LogP contribution in [0.5, 0.6) is 0 Å².